The predicted molar refractivity (Wildman–Crippen MR) is 74.7 cm³/mol. The molecule has 1 aromatic carbocycles. The summed E-state index contributed by atoms with van der Waals surface area (Å²) in [7, 11) is 0. The van der Waals surface area contributed by atoms with Crippen LogP contribution in [-0.4, -0.2) is 23.8 Å². The van der Waals surface area contributed by atoms with E-state index in [1.165, 1.54) is 5.69 Å². The third-order valence-corrected chi connectivity index (χ3v) is 5.02. The maximum atomic E-state index is 10.9. The van der Waals surface area contributed by atoms with Crippen LogP contribution >= 0.6 is 0 Å². The van der Waals surface area contributed by atoms with Crippen LogP contribution in [0.3, 0.4) is 0 Å². The number of hydrogen-bond acceptors (Lipinski definition) is 3. The maximum Gasteiger partial charge on any atom is 0.0866 e. The number of nitriles is 1. The van der Waals surface area contributed by atoms with E-state index >= 15 is 0 Å². The summed E-state index contributed by atoms with van der Waals surface area (Å²) >= 11 is 0. The van der Waals surface area contributed by atoms with Gasteiger partial charge in [-0.2, -0.15) is 5.26 Å². The van der Waals surface area contributed by atoms with Crippen LogP contribution < -0.4 is 4.90 Å². The molecule has 1 aromatic rings. The van der Waals surface area contributed by atoms with Crippen LogP contribution in [0, 0.1) is 16.7 Å². The predicted octanol–water partition coefficient (Wildman–Crippen LogP) is 2.71. The van der Waals surface area contributed by atoms with Gasteiger partial charge in [-0.25, -0.2) is 0 Å². The Morgan fingerprint density at radius 1 is 1.05 bits per heavy atom. The zero-order chi connectivity index (χ0) is 13.3. The van der Waals surface area contributed by atoms with Gasteiger partial charge in [0.05, 0.1) is 17.1 Å². The summed E-state index contributed by atoms with van der Waals surface area (Å²) in [6.45, 7) is 1.67. The molecule has 100 valence electrons. The highest BCUT2D eigenvalue weighted by molar-refractivity contribution is 5.46. The van der Waals surface area contributed by atoms with Gasteiger partial charge in [0.2, 0.25) is 0 Å². The second kappa shape index (κ2) is 4.54. The van der Waals surface area contributed by atoms with E-state index in [-0.39, 0.29) is 0 Å². The van der Waals surface area contributed by atoms with E-state index in [9.17, 15) is 10.4 Å². The Kier molecular flexibility index (Phi) is 2.99. The second-order valence-corrected chi connectivity index (χ2v) is 5.90. The SMILES string of the molecule is N#CC1(C2(O)CCN(c3ccccc3)CC2)CCC1. The van der Waals surface area contributed by atoms with Gasteiger partial charge in [0, 0.05) is 18.8 Å². The number of aliphatic hydroxyl groups is 1. The van der Waals surface area contributed by atoms with Gasteiger partial charge in [0.1, 0.15) is 0 Å². The van der Waals surface area contributed by atoms with Crippen LogP contribution in [0.5, 0.6) is 0 Å². The van der Waals surface area contributed by atoms with E-state index in [0.29, 0.717) is 12.8 Å². The first-order chi connectivity index (χ1) is 9.19. The average Bonchev–Trinajstić information content (AvgIpc) is 2.40. The molecule has 1 saturated heterocycles. The van der Waals surface area contributed by atoms with Crippen LogP contribution in [-0.2, 0) is 0 Å². The number of benzene rings is 1. The molecule has 1 N–H and O–H groups in total. The number of rotatable bonds is 2. The fourth-order valence-electron chi connectivity index (χ4n) is 3.46. The Bertz CT molecular complexity index is 479. The Morgan fingerprint density at radius 3 is 2.16 bits per heavy atom. The molecular formula is C16H20N2O. The summed E-state index contributed by atoms with van der Waals surface area (Å²) in [6, 6.07) is 12.7. The summed E-state index contributed by atoms with van der Waals surface area (Å²) in [4.78, 5) is 2.30. The maximum absolute atomic E-state index is 10.9. The molecule has 0 radical (unpaired) electrons. The minimum atomic E-state index is -0.773. The third kappa shape index (κ3) is 1.91. The van der Waals surface area contributed by atoms with Crippen LogP contribution in [0.25, 0.3) is 0 Å². The van der Waals surface area contributed by atoms with Crippen molar-refractivity contribution in [3.8, 4) is 6.07 Å². The molecule has 0 spiro atoms. The Balaban J connectivity index is 1.71. The third-order valence-electron chi connectivity index (χ3n) is 5.02. The van der Waals surface area contributed by atoms with Gasteiger partial charge in [-0.15, -0.1) is 0 Å². The molecule has 0 atom stereocenters. The molecule has 0 bridgehead atoms. The quantitative estimate of drug-likeness (QED) is 0.885. The first-order valence-corrected chi connectivity index (χ1v) is 7.13. The number of nitrogens with zero attached hydrogens (tertiary/aromatic N) is 2. The Hall–Kier alpha value is -1.53. The zero-order valence-corrected chi connectivity index (χ0v) is 11.2. The van der Waals surface area contributed by atoms with Crippen molar-refractivity contribution >= 4 is 5.69 Å². The highest BCUT2D eigenvalue weighted by Gasteiger charge is 2.55. The van der Waals surface area contributed by atoms with Gasteiger partial charge >= 0.3 is 0 Å². The Labute approximate surface area is 114 Å². The summed E-state index contributed by atoms with van der Waals surface area (Å²) in [5.41, 5.74) is -0.0229. The van der Waals surface area contributed by atoms with Crippen molar-refractivity contribution in [3.05, 3.63) is 30.3 Å². The van der Waals surface area contributed by atoms with Gasteiger partial charge < -0.3 is 10.0 Å². The molecule has 3 heteroatoms. The smallest absolute Gasteiger partial charge is 0.0866 e. The van der Waals surface area contributed by atoms with Crippen LogP contribution in [0.15, 0.2) is 30.3 Å². The summed E-state index contributed by atoms with van der Waals surface area (Å²) in [6.07, 6.45) is 4.22. The van der Waals surface area contributed by atoms with Crippen molar-refractivity contribution in [2.24, 2.45) is 5.41 Å². The molecule has 0 unspecified atom stereocenters. The molecule has 1 saturated carbocycles. The molecule has 2 fully saturated rings. The largest absolute Gasteiger partial charge is 0.388 e. The highest BCUT2D eigenvalue weighted by atomic mass is 16.3. The van der Waals surface area contributed by atoms with Gasteiger partial charge in [0.15, 0.2) is 0 Å². The van der Waals surface area contributed by atoms with Crippen molar-refractivity contribution in [2.45, 2.75) is 37.7 Å². The van der Waals surface area contributed by atoms with Crippen molar-refractivity contribution in [1.29, 1.82) is 5.26 Å². The highest BCUT2D eigenvalue weighted by Crippen LogP contribution is 2.52. The number of hydrogen-bond donors (Lipinski definition) is 1. The summed E-state index contributed by atoms with van der Waals surface area (Å²) in [5.74, 6) is 0. The molecule has 1 heterocycles. The fraction of sp³-hybridized carbons (Fsp3) is 0.562. The lowest BCUT2D eigenvalue weighted by molar-refractivity contribution is -0.108. The minimum absolute atomic E-state index is 0.463. The molecule has 0 aromatic heterocycles. The lowest BCUT2D eigenvalue weighted by atomic mass is 9.57. The molecule has 1 aliphatic carbocycles. The monoisotopic (exact) mass is 256 g/mol. The van der Waals surface area contributed by atoms with E-state index in [1.807, 2.05) is 18.2 Å². The van der Waals surface area contributed by atoms with Crippen molar-refractivity contribution in [2.75, 3.05) is 18.0 Å². The molecule has 3 rings (SSSR count). The first kappa shape index (κ1) is 12.5. The number of piperidine rings is 1. The molecule has 0 amide bonds. The van der Waals surface area contributed by atoms with E-state index in [4.69, 9.17) is 0 Å². The van der Waals surface area contributed by atoms with Gasteiger partial charge in [-0.1, -0.05) is 24.6 Å². The summed E-state index contributed by atoms with van der Waals surface area (Å²) in [5, 5.41) is 20.3. The fourth-order valence-corrected chi connectivity index (χ4v) is 3.46. The van der Waals surface area contributed by atoms with Crippen molar-refractivity contribution in [1.82, 2.24) is 0 Å². The van der Waals surface area contributed by atoms with Crippen LogP contribution in [0.2, 0.25) is 0 Å². The van der Waals surface area contributed by atoms with E-state index in [2.05, 4.69) is 23.1 Å². The van der Waals surface area contributed by atoms with Gasteiger partial charge in [-0.05, 0) is 37.8 Å². The topological polar surface area (TPSA) is 47.3 Å². The lowest BCUT2D eigenvalue weighted by Gasteiger charge is -2.52. The van der Waals surface area contributed by atoms with E-state index in [1.54, 1.807) is 0 Å². The molecule has 2 aliphatic rings. The van der Waals surface area contributed by atoms with E-state index < -0.39 is 11.0 Å². The number of anilines is 1. The molecular weight excluding hydrogens is 236 g/mol. The van der Waals surface area contributed by atoms with Crippen molar-refractivity contribution in [3.63, 3.8) is 0 Å². The first-order valence-electron chi connectivity index (χ1n) is 7.13. The van der Waals surface area contributed by atoms with Gasteiger partial charge in [0.25, 0.3) is 0 Å². The number of para-hydroxylation sites is 1. The zero-order valence-electron chi connectivity index (χ0n) is 11.2. The van der Waals surface area contributed by atoms with Gasteiger partial charge in [-0.3, -0.25) is 0 Å². The van der Waals surface area contributed by atoms with Crippen molar-refractivity contribution < 1.29 is 5.11 Å². The average molecular weight is 256 g/mol. The van der Waals surface area contributed by atoms with Crippen LogP contribution in [0.4, 0.5) is 5.69 Å². The van der Waals surface area contributed by atoms with E-state index in [0.717, 1.165) is 32.4 Å². The minimum Gasteiger partial charge on any atom is -0.388 e. The lowest BCUT2D eigenvalue weighted by Crippen LogP contribution is -2.57. The molecule has 3 nitrogen and oxygen atoms in total. The normalized spacial score (nSPS) is 24.3. The van der Waals surface area contributed by atoms with Crippen LogP contribution in [0.1, 0.15) is 32.1 Å². The second-order valence-electron chi connectivity index (χ2n) is 5.90. The molecule has 1 aliphatic heterocycles. The molecule has 19 heavy (non-hydrogen) atoms. The standard InChI is InChI=1S/C16H20N2O/c17-13-15(7-4-8-15)16(19)9-11-18(12-10-16)14-5-2-1-3-6-14/h1-3,5-6,19H,4,7-12H2. The Morgan fingerprint density at radius 2 is 1.68 bits per heavy atom. The summed E-state index contributed by atoms with van der Waals surface area (Å²) < 4.78 is 0.